The molecule has 1 aliphatic heterocycles. The largest absolute Gasteiger partial charge is 0.196 e. The van der Waals surface area contributed by atoms with Crippen LogP contribution in [-0.4, -0.2) is 11.2 Å². The fourth-order valence-corrected chi connectivity index (χ4v) is 8.89. The maximum Gasteiger partial charge on any atom is 0.112 e. The van der Waals surface area contributed by atoms with Gasteiger partial charge in [-0.25, -0.2) is 0 Å². The van der Waals surface area contributed by atoms with Crippen molar-refractivity contribution in [3.63, 3.8) is 0 Å². The molecule has 32 heavy (non-hydrogen) atoms. The van der Waals surface area contributed by atoms with Crippen LogP contribution in [0.15, 0.2) is 0 Å². The SMILES string of the molecule is C1CCCC23CCCCC2(CCCC3)OOOOOC23CCCCC2(CCC1)CCCC3. The van der Waals surface area contributed by atoms with E-state index in [1.807, 2.05) is 0 Å². The van der Waals surface area contributed by atoms with E-state index < -0.39 is 0 Å². The molecule has 0 aromatic carbocycles. The third-order valence-electron chi connectivity index (χ3n) is 10.6. The van der Waals surface area contributed by atoms with Crippen molar-refractivity contribution in [3.8, 4) is 0 Å². The molecule has 0 aromatic heterocycles. The van der Waals surface area contributed by atoms with Gasteiger partial charge in [0.05, 0.1) is 0 Å². The van der Waals surface area contributed by atoms with Crippen LogP contribution in [0.3, 0.4) is 0 Å². The molecule has 5 heteroatoms. The molecular formula is C27H46O5. The summed E-state index contributed by atoms with van der Waals surface area (Å²) in [7, 11) is 0. The van der Waals surface area contributed by atoms with Gasteiger partial charge in [-0.1, -0.05) is 83.5 Å². The molecule has 0 amide bonds. The Hall–Kier alpha value is -0.200. The lowest BCUT2D eigenvalue weighted by atomic mass is 9.54. The first-order valence-corrected chi connectivity index (χ1v) is 14.1. The zero-order valence-corrected chi connectivity index (χ0v) is 20.3. The van der Waals surface area contributed by atoms with Crippen LogP contribution >= 0.6 is 0 Å². The van der Waals surface area contributed by atoms with Gasteiger partial charge in [0.2, 0.25) is 0 Å². The van der Waals surface area contributed by atoms with Gasteiger partial charge in [0.25, 0.3) is 0 Å². The van der Waals surface area contributed by atoms with Gasteiger partial charge in [-0.2, -0.15) is 9.78 Å². The van der Waals surface area contributed by atoms with E-state index in [1.165, 1.54) is 122 Å². The summed E-state index contributed by atoms with van der Waals surface area (Å²) in [5.74, 6) is 0. The summed E-state index contributed by atoms with van der Waals surface area (Å²) in [5.41, 5.74) is 0.0417. The zero-order valence-electron chi connectivity index (χ0n) is 20.3. The summed E-state index contributed by atoms with van der Waals surface area (Å²) < 4.78 is 0. The number of hydrogen-bond donors (Lipinski definition) is 0. The van der Waals surface area contributed by atoms with E-state index in [-0.39, 0.29) is 22.0 Å². The first kappa shape index (κ1) is 23.5. The molecule has 0 bridgehead atoms. The topological polar surface area (TPSA) is 46.2 Å². The van der Waals surface area contributed by atoms with E-state index in [4.69, 9.17) is 24.9 Å². The van der Waals surface area contributed by atoms with E-state index in [9.17, 15) is 0 Å². The Morgan fingerprint density at radius 2 is 0.562 bits per heavy atom. The average molecular weight is 451 g/mol. The third-order valence-corrected chi connectivity index (χ3v) is 10.6. The predicted octanol–water partition coefficient (Wildman–Crippen LogP) is 8.22. The van der Waals surface area contributed by atoms with Crippen molar-refractivity contribution in [1.82, 2.24) is 0 Å². The molecule has 0 spiro atoms. The van der Waals surface area contributed by atoms with Crippen LogP contribution < -0.4 is 0 Å². The lowest BCUT2D eigenvalue weighted by Gasteiger charge is -2.55. The molecule has 0 atom stereocenters. The van der Waals surface area contributed by atoms with Crippen molar-refractivity contribution in [1.29, 1.82) is 0 Å². The Balaban J connectivity index is 1.31. The molecule has 4 aliphatic carbocycles. The van der Waals surface area contributed by atoms with Gasteiger partial charge in [-0.3, -0.25) is 0 Å². The average Bonchev–Trinajstić information content (AvgIpc) is 2.83. The van der Waals surface area contributed by atoms with E-state index in [0.29, 0.717) is 0 Å². The summed E-state index contributed by atoms with van der Waals surface area (Å²) in [6.45, 7) is 0. The van der Waals surface area contributed by atoms with Crippen LogP contribution in [0.25, 0.3) is 0 Å². The van der Waals surface area contributed by atoms with Crippen LogP contribution in [-0.2, 0) is 24.9 Å². The minimum Gasteiger partial charge on any atom is -0.196 e. The first-order valence-electron chi connectivity index (χ1n) is 14.1. The Morgan fingerprint density at radius 1 is 0.281 bits per heavy atom. The maximum atomic E-state index is 6.17. The summed E-state index contributed by atoms with van der Waals surface area (Å²) in [6, 6.07) is 0. The van der Waals surface area contributed by atoms with Crippen molar-refractivity contribution < 1.29 is 24.9 Å². The predicted molar refractivity (Wildman–Crippen MR) is 122 cm³/mol. The highest BCUT2D eigenvalue weighted by molar-refractivity contribution is 5.05. The monoisotopic (exact) mass is 450 g/mol. The van der Waals surface area contributed by atoms with E-state index in [2.05, 4.69) is 0 Å². The minimum absolute atomic E-state index is 0.221. The van der Waals surface area contributed by atoms with Gasteiger partial charge in [0, 0.05) is 10.8 Å². The Kier molecular flexibility index (Phi) is 7.50. The highest BCUT2D eigenvalue weighted by atomic mass is 17.8. The van der Waals surface area contributed by atoms with E-state index in [0.717, 1.165) is 25.7 Å². The lowest BCUT2D eigenvalue weighted by Crippen LogP contribution is -2.55. The van der Waals surface area contributed by atoms with Crippen molar-refractivity contribution >= 4 is 0 Å². The fraction of sp³-hybridized carbons (Fsp3) is 1.00. The van der Waals surface area contributed by atoms with Crippen LogP contribution in [0, 0.1) is 10.8 Å². The molecule has 0 unspecified atom stereocenters. The van der Waals surface area contributed by atoms with Crippen molar-refractivity contribution in [2.24, 2.45) is 10.8 Å². The molecule has 0 aromatic rings. The second-order valence-electron chi connectivity index (χ2n) is 12.0. The molecule has 184 valence electrons. The van der Waals surface area contributed by atoms with Gasteiger partial charge in [0.1, 0.15) is 11.2 Å². The van der Waals surface area contributed by atoms with Gasteiger partial charge < -0.3 is 0 Å². The standard InChI is InChI=1S/C27H46O5/c1-2-4-14-24-16-6-10-20-26(24,21-11-7-17-24)28-30-32-31-29-27-22-12-8-18-25(27,15-5-3-1)19-9-13-23-27/h1-23H2. The smallest absolute Gasteiger partial charge is 0.112 e. The minimum atomic E-state index is -0.221. The highest BCUT2D eigenvalue weighted by Crippen LogP contribution is 2.59. The molecule has 1 heterocycles. The van der Waals surface area contributed by atoms with Crippen LogP contribution in [0.2, 0.25) is 0 Å². The molecule has 4 saturated carbocycles. The van der Waals surface area contributed by atoms with Gasteiger partial charge in [0.15, 0.2) is 0 Å². The highest BCUT2D eigenvalue weighted by Gasteiger charge is 2.57. The molecule has 1 saturated heterocycles. The summed E-state index contributed by atoms with van der Waals surface area (Å²) in [4.78, 5) is 12.3. The second-order valence-corrected chi connectivity index (χ2v) is 12.0. The molecule has 0 N–H and O–H groups in total. The molecule has 5 aliphatic rings. The lowest BCUT2D eigenvalue weighted by molar-refractivity contribution is -0.735. The van der Waals surface area contributed by atoms with Crippen LogP contribution in [0.1, 0.15) is 148 Å². The van der Waals surface area contributed by atoms with E-state index >= 15 is 0 Å². The maximum absolute atomic E-state index is 6.17. The summed E-state index contributed by atoms with van der Waals surface area (Å²) in [5, 5.41) is 15.9. The number of hydrogen-bond acceptors (Lipinski definition) is 5. The zero-order chi connectivity index (χ0) is 21.8. The first-order chi connectivity index (χ1) is 15.7. The Labute approximate surface area is 194 Å². The van der Waals surface area contributed by atoms with Gasteiger partial charge >= 0.3 is 0 Å². The Morgan fingerprint density at radius 3 is 0.938 bits per heavy atom. The van der Waals surface area contributed by atoms with Crippen molar-refractivity contribution in [2.45, 2.75) is 159 Å². The van der Waals surface area contributed by atoms with Gasteiger partial charge in [-0.05, 0) is 79.3 Å². The van der Waals surface area contributed by atoms with E-state index in [1.54, 1.807) is 0 Å². The Bertz CT molecular complexity index is 531. The summed E-state index contributed by atoms with van der Waals surface area (Å²) in [6.07, 6.45) is 28.7. The van der Waals surface area contributed by atoms with Crippen LogP contribution in [0.4, 0.5) is 0 Å². The van der Waals surface area contributed by atoms with Crippen molar-refractivity contribution in [3.05, 3.63) is 0 Å². The molecule has 5 fully saturated rings. The normalized spacial score (nSPS) is 45.0. The number of rotatable bonds is 0. The quantitative estimate of drug-likeness (QED) is 0.348. The molecule has 5 rings (SSSR count). The fourth-order valence-electron chi connectivity index (χ4n) is 8.89. The third kappa shape index (κ3) is 4.30. The summed E-state index contributed by atoms with van der Waals surface area (Å²) >= 11 is 0. The second kappa shape index (κ2) is 10.2. The van der Waals surface area contributed by atoms with Gasteiger partial charge in [-0.15, -0.1) is 0 Å². The van der Waals surface area contributed by atoms with Crippen molar-refractivity contribution in [2.75, 3.05) is 0 Å². The molecule has 0 radical (unpaired) electrons. The van der Waals surface area contributed by atoms with Crippen LogP contribution in [0.5, 0.6) is 0 Å². The molecular weight excluding hydrogens is 404 g/mol. The molecule has 5 nitrogen and oxygen atoms in total.